The number of likely N-dealkylation sites (N-methyl/N-ethyl adjacent to an activating group) is 1. The molecule has 1 amide bonds. The molecule has 2 rings (SSSR count). The molecule has 1 aromatic heterocycles. The summed E-state index contributed by atoms with van der Waals surface area (Å²) < 4.78 is 6.55. The van der Waals surface area contributed by atoms with Gasteiger partial charge in [-0.25, -0.2) is 0 Å². The first-order chi connectivity index (χ1) is 10.0. The van der Waals surface area contributed by atoms with Crippen LogP contribution in [0.25, 0.3) is 0 Å². The van der Waals surface area contributed by atoms with Crippen molar-refractivity contribution in [3.8, 4) is 5.75 Å². The maximum Gasteiger partial charge on any atom is 0.265 e. The number of nitrogens with zero attached hydrogens (tertiary/aromatic N) is 1. The minimum atomic E-state index is -0.105. The van der Waals surface area contributed by atoms with Crippen LogP contribution in [0.1, 0.15) is 9.67 Å². The first-order valence-electron chi connectivity index (χ1n) is 6.49. The highest BCUT2D eigenvalue weighted by Crippen LogP contribution is 2.23. The molecule has 0 aliphatic heterocycles. The van der Waals surface area contributed by atoms with Crippen LogP contribution in [0, 0.1) is 0 Å². The summed E-state index contributed by atoms with van der Waals surface area (Å²) in [5.41, 5.74) is 0.754. The minimum absolute atomic E-state index is 0.105. The fourth-order valence-electron chi connectivity index (χ4n) is 1.61. The largest absolute Gasteiger partial charge is 0.492 e. The van der Waals surface area contributed by atoms with Gasteiger partial charge in [0.15, 0.2) is 0 Å². The van der Waals surface area contributed by atoms with E-state index in [0.717, 1.165) is 21.8 Å². The molecule has 0 unspecified atom stereocenters. The summed E-state index contributed by atoms with van der Waals surface area (Å²) in [5.74, 6) is 0.695. The summed E-state index contributed by atoms with van der Waals surface area (Å²) in [4.78, 5) is 14.7. The Morgan fingerprint density at radius 2 is 1.95 bits per heavy atom. The number of thiophene rings is 1. The Morgan fingerprint density at radius 3 is 2.52 bits per heavy atom. The van der Waals surface area contributed by atoms with E-state index in [4.69, 9.17) is 4.74 Å². The van der Waals surface area contributed by atoms with E-state index in [2.05, 4.69) is 26.1 Å². The first kappa shape index (κ1) is 16.0. The van der Waals surface area contributed by atoms with E-state index in [0.29, 0.717) is 11.5 Å². The Labute approximate surface area is 136 Å². The van der Waals surface area contributed by atoms with Gasteiger partial charge in [-0.2, -0.15) is 0 Å². The summed E-state index contributed by atoms with van der Waals surface area (Å²) >= 11 is 4.76. The average Bonchev–Trinajstić information content (AvgIpc) is 2.87. The third kappa shape index (κ3) is 5.15. The monoisotopic (exact) mass is 368 g/mol. The molecule has 1 aromatic carbocycles. The third-order valence-corrected chi connectivity index (χ3v) is 4.34. The number of benzene rings is 1. The van der Waals surface area contributed by atoms with Crippen molar-refractivity contribution in [3.63, 3.8) is 0 Å². The van der Waals surface area contributed by atoms with Crippen molar-refractivity contribution >= 4 is 38.9 Å². The van der Waals surface area contributed by atoms with E-state index < -0.39 is 0 Å². The summed E-state index contributed by atoms with van der Waals surface area (Å²) in [6.45, 7) is 1.51. The van der Waals surface area contributed by atoms with E-state index >= 15 is 0 Å². The number of carbonyl (C=O) groups is 1. The van der Waals surface area contributed by atoms with Crippen LogP contribution in [-0.2, 0) is 0 Å². The lowest BCUT2D eigenvalue weighted by Gasteiger charge is -2.11. The first-order valence-corrected chi connectivity index (χ1v) is 8.10. The highest BCUT2D eigenvalue weighted by Gasteiger charge is 2.08. The van der Waals surface area contributed by atoms with Crippen LogP contribution in [0.15, 0.2) is 40.2 Å². The van der Waals surface area contributed by atoms with Gasteiger partial charge in [-0.05, 0) is 66.4 Å². The van der Waals surface area contributed by atoms with Crippen molar-refractivity contribution in [1.82, 2.24) is 4.90 Å². The number of hydrogen-bond acceptors (Lipinski definition) is 4. The molecular weight excluding hydrogens is 352 g/mol. The zero-order valence-electron chi connectivity index (χ0n) is 11.9. The number of amides is 1. The molecule has 0 radical (unpaired) electrons. The lowest BCUT2D eigenvalue weighted by Crippen LogP contribution is -2.19. The van der Waals surface area contributed by atoms with Crippen molar-refractivity contribution in [3.05, 3.63) is 45.1 Å². The third-order valence-electron chi connectivity index (χ3n) is 2.72. The molecule has 0 atom stereocenters. The molecule has 112 valence electrons. The summed E-state index contributed by atoms with van der Waals surface area (Å²) in [6.07, 6.45) is 0. The maximum atomic E-state index is 12.0. The van der Waals surface area contributed by atoms with Gasteiger partial charge >= 0.3 is 0 Å². The number of halogens is 1. The fraction of sp³-hybridized carbons (Fsp3) is 0.267. The summed E-state index contributed by atoms with van der Waals surface area (Å²) in [5, 5.41) is 2.86. The Hall–Kier alpha value is -1.37. The minimum Gasteiger partial charge on any atom is -0.492 e. The molecule has 0 spiro atoms. The molecule has 0 aliphatic rings. The fourth-order valence-corrected chi connectivity index (χ4v) is 2.89. The van der Waals surface area contributed by atoms with Crippen molar-refractivity contribution in [1.29, 1.82) is 0 Å². The average molecular weight is 369 g/mol. The Kier molecular flexibility index (Phi) is 5.78. The van der Waals surface area contributed by atoms with E-state index in [-0.39, 0.29) is 5.91 Å². The van der Waals surface area contributed by atoms with Crippen LogP contribution in [0.4, 0.5) is 5.69 Å². The summed E-state index contributed by atoms with van der Waals surface area (Å²) in [6, 6.07) is 11.0. The van der Waals surface area contributed by atoms with Gasteiger partial charge in [0.1, 0.15) is 12.4 Å². The van der Waals surface area contributed by atoms with Gasteiger partial charge in [0.25, 0.3) is 5.91 Å². The smallest absolute Gasteiger partial charge is 0.265 e. The molecule has 2 aromatic rings. The molecule has 1 heterocycles. The van der Waals surface area contributed by atoms with Crippen molar-refractivity contribution < 1.29 is 9.53 Å². The molecular formula is C15H17BrN2O2S. The topological polar surface area (TPSA) is 41.6 Å². The quantitative estimate of drug-likeness (QED) is 0.844. The van der Waals surface area contributed by atoms with Crippen LogP contribution in [0.2, 0.25) is 0 Å². The van der Waals surface area contributed by atoms with E-state index in [9.17, 15) is 4.79 Å². The van der Waals surface area contributed by atoms with Crippen LogP contribution >= 0.6 is 27.3 Å². The van der Waals surface area contributed by atoms with Gasteiger partial charge in [-0.1, -0.05) is 0 Å². The van der Waals surface area contributed by atoms with Crippen LogP contribution in [-0.4, -0.2) is 38.1 Å². The lowest BCUT2D eigenvalue weighted by atomic mass is 10.3. The Balaban J connectivity index is 1.88. The molecule has 0 saturated heterocycles. The second kappa shape index (κ2) is 7.59. The van der Waals surface area contributed by atoms with Crippen LogP contribution in [0.5, 0.6) is 5.75 Å². The second-order valence-electron chi connectivity index (χ2n) is 4.73. The molecule has 0 bridgehead atoms. The zero-order chi connectivity index (χ0) is 15.2. The van der Waals surface area contributed by atoms with Gasteiger partial charge in [-0.3, -0.25) is 4.79 Å². The number of ether oxygens (including phenoxy) is 1. The van der Waals surface area contributed by atoms with Crippen LogP contribution < -0.4 is 10.1 Å². The molecule has 1 N–H and O–H groups in total. The van der Waals surface area contributed by atoms with Gasteiger partial charge in [0.2, 0.25) is 0 Å². The van der Waals surface area contributed by atoms with Gasteiger partial charge < -0.3 is 15.0 Å². The highest BCUT2D eigenvalue weighted by molar-refractivity contribution is 9.11. The Bertz CT molecular complexity index is 596. The van der Waals surface area contributed by atoms with Crippen molar-refractivity contribution in [2.24, 2.45) is 0 Å². The van der Waals surface area contributed by atoms with Gasteiger partial charge in [0.05, 0.1) is 8.66 Å². The number of hydrogen-bond donors (Lipinski definition) is 1. The zero-order valence-corrected chi connectivity index (χ0v) is 14.3. The van der Waals surface area contributed by atoms with E-state index in [1.54, 1.807) is 6.07 Å². The molecule has 0 saturated carbocycles. The number of nitrogens with one attached hydrogen (secondary N) is 1. The van der Waals surface area contributed by atoms with Crippen molar-refractivity contribution in [2.45, 2.75) is 0 Å². The molecule has 6 heteroatoms. The molecule has 0 fully saturated rings. The SMILES string of the molecule is CN(C)CCOc1ccc(NC(=O)c2ccc(Br)s2)cc1. The summed E-state index contributed by atoms with van der Waals surface area (Å²) in [7, 11) is 4.01. The molecule has 0 aliphatic carbocycles. The normalized spacial score (nSPS) is 10.7. The predicted octanol–water partition coefficient (Wildman–Crippen LogP) is 3.70. The van der Waals surface area contributed by atoms with E-state index in [1.807, 2.05) is 44.4 Å². The van der Waals surface area contributed by atoms with Crippen LogP contribution in [0.3, 0.4) is 0 Å². The number of rotatable bonds is 6. The standard InChI is InChI=1S/C15H17BrN2O2S/c1-18(2)9-10-20-12-5-3-11(4-6-12)17-15(19)13-7-8-14(16)21-13/h3-8H,9-10H2,1-2H3,(H,17,19). The van der Waals surface area contributed by atoms with E-state index in [1.165, 1.54) is 11.3 Å². The maximum absolute atomic E-state index is 12.0. The van der Waals surface area contributed by atoms with Gasteiger partial charge in [0, 0.05) is 12.2 Å². The van der Waals surface area contributed by atoms with Crippen molar-refractivity contribution in [2.75, 3.05) is 32.6 Å². The second-order valence-corrected chi connectivity index (χ2v) is 7.20. The number of carbonyl (C=O) groups excluding carboxylic acids is 1. The lowest BCUT2D eigenvalue weighted by molar-refractivity contribution is 0.103. The Morgan fingerprint density at radius 1 is 1.24 bits per heavy atom. The predicted molar refractivity (Wildman–Crippen MR) is 90.5 cm³/mol. The number of anilines is 1. The molecule has 4 nitrogen and oxygen atoms in total. The molecule has 21 heavy (non-hydrogen) atoms. The highest BCUT2D eigenvalue weighted by atomic mass is 79.9. The van der Waals surface area contributed by atoms with Gasteiger partial charge in [-0.15, -0.1) is 11.3 Å².